The number of esters is 1. The van der Waals surface area contributed by atoms with E-state index in [2.05, 4.69) is 26.2 Å². The lowest BCUT2D eigenvalue weighted by atomic mass is 9.83. The Hall–Kier alpha value is -2.61. The van der Waals surface area contributed by atoms with Gasteiger partial charge in [-0.1, -0.05) is 41.4 Å². The zero-order valence-corrected chi connectivity index (χ0v) is 16.3. The SMILES string of the molecule is CCCCn1c2c(c(=O)[nH]c1=O)C(c1cccc(Br)c1)C1=C(COC1=O)N2. The van der Waals surface area contributed by atoms with Crippen molar-refractivity contribution in [1.82, 2.24) is 9.55 Å². The number of benzene rings is 1. The maximum atomic E-state index is 12.8. The molecule has 2 aliphatic heterocycles. The topological polar surface area (TPSA) is 93.2 Å². The smallest absolute Gasteiger partial charge is 0.337 e. The molecule has 1 unspecified atom stereocenters. The van der Waals surface area contributed by atoms with Crippen LogP contribution in [0, 0.1) is 0 Å². The quantitative estimate of drug-likeness (QED) is 0.725. The molecule has 140 valence electrons. The van der Waals surface area contributed by atoms with E-state index < -0.39 is 23.1 Å². The number of hydrogen-bond donors (Lipinski definition) is 2. The lowest BCUT2D eigenvalue weighted by Gasteiger charge is -2.28. The van der Waals surface area contributed by atoms with Gasteiger partial charge >= 0.3 is 11.7 Å². The van der Waals surface area contributed by atoms with Crippen LogP contribution in [0.5, 0.6) is 0 Å². The summed E-state index contributed by atoms with van der Waals surface area (Å²) in [4.78, 5) is 40.0. The number of rotatable bonds is 4. The van der Waals surface area contributed by atoms with Crippen LogP contribution in [0.3, 0.4) is 0 Å². The number of aromatic amines is 1. The highest BCUT2D eigenvalue weighted by Gasteiger charge is 2.41. The maximum absolute atomic E-state index is 12.8. The number of nitrogens with zero attached hydrogens (tertiary/aromatic N) is 1. The molecule has 0 bridgehead atoms. The lowest BCUT2D eigenvalue weighted by molar-refractivity contribution is -0.136. The molecule has 1 aromatic heterocycles. The molecule has 0 saturated heterocycles. The normalized spacial score (nSPS) is 18.0. The lowest BCUT2D eigenvalue weighted by Crippen LogP contribution is -2.38. The number of cyclic esters (lactones) is 1. The Morgan fingerprint density at radius 2 is 2.11 bits per heavy atom. The van der Waals surface area contributed by atoms with Crippen molar-refractivity contribution in [2.24, 2.45) is 0 Å². The number of halogens is 1. The average molecular weight is 432 g/mol. The van der Waals surface area contributed by atoms with E-state index in [1.54, 1.807) is 0 Å². The van der Waals surface area contributed by atoms with Crippen LogP contribution in [0.25, 0.3) is 0 Å². The van der Waals surface area contributed by atoms with Gasteiger partial charge in [0, 0.05) is 11.0 Å². The minimum Gasteiger partial charge on any atom is -0.456 e. The molecule has 0 spiro atoms. The fourth-order valence-electron chi connectivity index (χ4n) is 3.64. The Labute approximate surface area is 163 Å². The molecule has 2 aliphatic rings. The zero-order valence-electron chi connectivity index (χ0n) is 14.7. The fourth-order valence-corrected chi connectivity index (χ4v) is 4.05. The number of hydrogen-bond acceptors (Lipinski definition) is 5. The summed E-state index contributed by atoms with van der Waals surface area (Å²) in [6.07, 6.45) is 1.70. The Morgan fingerprint density at radius 3 is 2.85 bits per heavy atom. The molecular weight excluding hydrogens is 414 g/mol. The molecule has 0 saturated carbocycles. The standard InChI is InChI=1S/C19H18BrN3O4/c1-2-3-7-23-16-15(17(24)22-19(23)26)13(10-5-4-6-11(20)8-10)14-12(21-16)9-27-18(14)25/h4-6,8,13,21H,2-3,7,9H2,1H3,(H,22,24,26). The van der Waals surface area contributed by atoms with Crippen LogP contribution in [0.15, 0.2) is 49.6 Å². The van der Waals surface area contributed by atoms with Crippen molar-refractivity contribution in [1.29, 1.82) is 0 Å². The number of fused-ring (bicyclic) bond motifs is 1. The van der Waals surface area contributed by atoms with Crippen LogP contribution >= 0.6 is 15.9 Å². The van der Waals surface area contributed by atoms with Crippen LogP contribution in [-0.2, 0) is 16.1 Å². The summed E-state index contributed by atoms with van der Waals surface area (Å²) in [6.45, 7) is 2.61. The second kappa shape index (κ2) is 6.84. The molecule has 2 aromatic rings. The highest BCUT2D eigenvalue weighted by Crippen LogP contribution is 2.42. The zero-order chi connectivity index (χ0) is 19.1. The Morgan fingerprint density at radius 1 is 1.30 bits per heavy atom. The van der Waals surface area contributed by atoms with Gasteiger partial charge in [0.1, 0.15) is 12.4 Å². The third kappa shape index (κ3) is 2.93. The van der Waals surface area contributed by atoms with Gasteiger partial charge in [0.05, 0.1) is 22.8 Å². The number of anilines is 1. The van der Waals surface area contributed by atoms with Gasteiger partial charge < -0.3 is 10.1 Å². The van der Waals surface area contributed by atoms with Crippen molar-refractivity contribution in [3.8, 4) is 0 Å². The molecule has 0 amide bonds. The minimum atomic E-state index is -0.596. The predicted octanol–water partition coefficient (Wildman–Crippen LogP) is 2.47. The van der Waals surface area contributed by atoms with Gasteiger partial charge in [0.2, 0.25) is 0 Å². The summed E-state index contributed by atoms with van der Waals surface area (Å²) in [5, 5.41) is 3.13. The fraction of sp³-hybridized carbons (Fsp3) is 0.316. The van der Waals surface area contributed by atoms with Gasteiger partial charge in [-0.2, -0.15) is 0 Å². The number of carbonyl (C=O) groups excluding carboxylic acids is 1. The molecule has 2 N–H and O–H groups in total. The van der Waals surface area contributed by atoms with Crippen LogP contribution in [-0.4, -0.2) is 22.1 Å². The first-order chi connectivity index (χ1) is 13.0. The van der Waals surface area contributed by atoms with E-state index in [0.29, 0.717) is 29.2 Å². The van der Waals surface area contributed by atoms with Crippen molar-refractivity contribution in [3.63, 3.8) is 0 Å². The van der Waals surface area contributed by atoms with Crippen LogP contribution < -0.4 is 16.6 Å². The first kappa shape index (κ1) is 17.8. The summed E-state index contributed by atoms with van der Waals surface area (Å²) < 4.78 is 7.59. The summed E-state index contributed by atoms with van der Waals surface area (Å²) in [7, 11) is 0. The van der Waals surface area contributed by atoms with Crippen molar-refractivity contribution >= 4 is 27.7 Å². The van der Waals surface area contributed by atoms with E-state index in [9.17, 15) is 14.4 Å². The molecule has 3 heterocycles. The van der Waals surface area contributed by atoms with Gasteiger partial charge in [0.15, 0.2) is 0 Å². The van der Waals surface area contributed by atoms with Gasteiger partial charge in [-0.25, -0.2) is 9.59 Å². The maximum Gasteiger partial charge on any atom is 0.337 e. The number of carbonyl (C=O) groups is 1. The number of H-pyrrole nitrogens is 1. The van der Waals surface area contributed by atoms with E-state index in [1.807, 2.05) is 31.2 Å². The highest BCUT2D eigenvalue weighted by atomic mass is 79.9. The van der Waals surface area contributed by atoms with Crippen molar-refractivity contribution in [2.75, 3.05) is 11.9 Å². The number of nitrogens with one attached hydrogen (secondary N) is 2. The van der Waals surface area contributed by atoms with Crippen LogP contribution in [0.1, 0.15) is 36.8 Å². The van der Waals surface area contributed by atoms with Crippen LogP contribution in [0.4, 0.5) is 5.82 Å². The van der Waals surface area contributed by atoms with Gasteiger partial charge in [-0.3, -0.25) is 14.3 Å². The highest BCUT2D eigenvalue weighted by molar-refractivity contribution is 9.10. The van der Waals surface area contributed by atoms with Crippen molar-refractivity contribution in [3.05, 3.63) is 72.0 Å². The summed E-state index contributed by atoms with van der Waals surface area (Å²) in [5.74, 6) is -0.598. The molecule has 1 aromatic carbocycles. The van der Waals surface area contributed by atoms with E-state index in [1.165, 1.54) is 4.57 Å². The Balaban J connectivity index is 2.00. The summed E-state index contributed by atoms with van der Waals surface area (Å²) in [5.41, 5.74) is 1.22. The molecule has 0 radical (unpaired) electrons. The third-order valence-corrected chi connectivity index (χ3v) is 5.39. The molecule has 27 heavy (non-hydrogen) atoms. The monoisotopic (exact) mass is 431 g/mol. The van der Waals surface area contributed by atoms with Gasteiger partial charge in [-0.05, 0) is 24.1 Å². The van der Waals surface area contributed by atoms with Crippen molar-refractivity contribution < 1.29 is 9.53 Å². The Bertz CT molecular complexity index is 1080. The number of unbranched alkanes of at least 4 members (excludes halogenated alkanes) is 1. The summed E-state index contributed by atoms with van der Waals surface area (Å²) in [6, 6.07) is 7.46. The molecule has 4 rings (SSSR count). The van der Waals surface area contributed by atoms with E-state index in [-0.39, 0.29) is 6.61 Å². The molecule has 0 fully saturated rings. The molecule has 7 nitrogen and oxygen atoms in total. The van der Waals surface area contributed by atoms with Crippen LogP contribution in [0.2, 0.25) is 0 Å². The summed E-state index contributed by atoms with van der Waals surface area (Å²) >= 11 is 3.45. The predicted molar refractivity (Wildman–Crippen MR) is 104 cm³/mol. The molecule has 1 atom stereocenters. The molecule has 0 aliphatic carbocycles. The molecule has 8 heteroatoms. The Kier molecular flexibility index (Phi) is 4.51. The number of aromatic nitrogens is 2. The number of ether oxygens (including phenoxy) is 1. The molecular formula is C19H18BrN3O4. The third-order valence-electron chi connectivity index (χ3n) is 4.89. The second-order valence-corrected chi connectivity index (χ2v) is 7.52. The van der Waals surface area contributed by atoms with E-state index in [0.717, 1.165) is 22.9 Å². The van der Waals surface area contributed by atoms with Gasteiger partial charge in [0.25, 0.3) is 5.56 Å². The van der Waals surface area contributed by atoms with E-state index >= 15 is 0 Å². The van der Waals surface area contributed by atoms with Gasteiger partial charge in [-0.15, -0.1) is 0 Å². The van der Waals surface area contributed by atoms with Crippen molar-refractivity contribution in [2.45, 2.75) is 32.2 Å². The largest absolute Gasteiger partial charge is 0.456 e. The van der Waals surface area contributed by atoms with E-state index in [4.69, 9.17) is 4.74 Å². The second-order valence-electron chi connectivity index (χ2n) is 6.61. The first-order valence-corrected chi connectivity index (χ1v) is 9.60. The average Bonchev–Trinajstić information content (AvgIpc) is 3.00. The first-order valence-electron chi connectivity index (χ1n) is 8.81. The minimum absolute atomic E-state index is 0.104.